The van der Waals surface area contributed by atoms with Crippen molar-refractivity contribution in [3.8, 4) is 0 Å². The summed E-state index contributed by atoms with van der Waals surface area (Å²) < 4.78 is 5.10. The van der Waals surface area contributed by atoms with Crippen molar-refractivity contribution >= 4 is 16.9 Å². The van der Waals surface area contributed by atoms with E-state index in [4.69, 9.17) is 4.74 Å². The first-order valence-electron chi connectivity index (χ1n) is 6.19. The van der Waals surface area contributed by atoms with Crippen LogP contribution >= 0.6 is 0 Å². The third kappa shape index (κ3) is 3.52. The summed E-state index contributed by atoms with van der Waals surface area (Å²) in [6.07, 6.45) is -0.642. The molecule has 0 aliphatic rings. The molecule has 19 heavy (non-hydrogen) atoms. The molecule has 1 unspecified atom stereocenters. The fourth-order valence-corrected chi connectivity index (χ4v) is 1.70. The molecule has 3 N–H and O–H groups in total. The van der Waals surface area contributed by atoms with Crippen molar-refractivity contribution in [2.24, 2.45) is 0 Å². The van der Waals surface area contributed by atoms with E-state index in [9.17, 15) is 9.90 Å². The van der Waals surface area contributed by atoms with Crippen molar-refractivity contribution in [2.45, 2.75) is 13.0 Å². The lowest BCUT2D eigenvalue weighted by Crippen LogP contribution is -2.26. The van der Waals surface area contributed by atoms with Gasteiger partial charge < -0.3 is 15.2 Å². The highest BCUT2D eigenvalue weighted by Crippen LogP contribution is 2.07. The minimum Gasteiger partial charge on any atom is -0.389 e. The lowest BCUT2D eigenvalue weighted by molar-refractivity contribution is 0.0495. The van der Waals surface area contributed by atoms with Gasteiger partial charge in [0.2, 0.25) is 5.95 Å². The molecule has 1 atom stereocenters. The Morgan fingerprint density at radius 1 is 1.47 bits per heavy atom. The van der Waals surface area contributed by atoms with Crippen LogP contribution in [0.2, 0.25) is 0 Å². The van der Waals surface area contributed by atoms with E-state index < -0.39 is 6.10 Å². The molecule has 6 nitrogen and oxygen atoms in total. The predicted octanol–water partition coefficient (Wildman–Crippen LogP) is 0.732. The number of anilines is 1. The number of rotatable bonds is 6. The summed E-state index contributed by atoms with van der Waals surface area (Å²) in [5.74, 6) is 0.347. The number of aliphatic hydroxyl groups is 1. The van der Waals surface area contributed by atoms with Crippen molar-refractivity contribution in [1.29, 1.82) is 0 Å². The summed E-state index contributed by atoms with van der Waals surface area (Å²) >= 11 is 0. The average molecular weight is 263 g/mol. The summed E-state index contributed by atoms with van der Waals surface area (Å²) in [5, 5.41) is 13.1. The molecule has 0 fully saturated rings. The molecule has 0 bridgehead atoms. The Labute approximate surface area is 110 Å². The van der Waals surface area contributed by atoms with Crippen LogP contribution in [0.3, 0.4) is 0 Å². The first kappa shape index (κ1) is 13.5. The van der Waals surface area contributed by atoms with Crippen LogP contribution in [0.25, 0.3) is 10.9 Å². The molecule has 0 aliphatic carbocycles. The van der Waals surface area contributed by atoms with Gasteiger partial charge in [-0.2, -0.15) is 0 Å². The molecule has 6 heteroatoms. The Morgan fingerprint density at radius 3 is 3.05 bits per heavy atom. The number of hydrogen-bond acceptors (Lipinski definition) is 5. The number of aromatic amines is 1. The van der Waals surface area contributed by atoms with Gasteiger partial charge in [0.05, 0.1) is 23.6 Å². The summed E-state index contributed by atoms with van der Waals surface area (Å²) in [6, 6.07) is 7.10. The molecule has 0 saturated carbocycles. The molecule has 0 aliphatic heterocycles. The zero-order chi connectivity index (χ0) is 13.7. The van der Waals surface area contributed by atoms with Crippen LogP contribution in [0.15, 0.2) is 29.1 Å². The fraction of sp³-hybridized carbons (Fsp3) is 0.385. The zero-order valence-corrected chi connectivity index (χ0v) is 10.7. The number of aromatic nitrogens is 2. The Kier molecular flexibility index (Phi) is 4.48. The maximum absolute atomic E-state index is 11.8. The molecule has 1 aromatic heterocycles. The van der Waals surface area contributed by atoms with Crippen LogP contribution in [0.4, 0.5) is 5.95 Å². The van der Waals surface area contributed by atoms with Crippen molar-refractivity contribution in [3.05, 3.63) is 34.6 Å². The van der Waals surface area contributed by atoms with Crippen LogP contribution in [0.1, 0.15) is 6.92 Å². The maximum Gasteiger partial charge on any atom is 0.260 e. The van der Waals surface area contributed by atoms with Gasteiger partial charge in [-0.1, -0.05) is 12.1 Å². The van der Waals surface area contributed by atoms with E-state index in [0.29, 0.717) is 23.5 Å². The Hall–Kier alpha value is -1.92. The summed E-state index contributed by atoms with van der Waals surface area (Å²) in [4.78, 5) is 18.7. The molecule has 2 aromatic rings. The number of nitrogens with one attached hydrogen (secondary N) is 2. The standard InChI is InChI=1S/C13H17N3O3/c1-2-19-8-9(17)7-14-13-15-11-6-4-3-5-10(11)12(18)16-13/h3-6,9,17H,2,7-8H2,1H3,(H2,14,15,16,18). The normalized spacial score (nSPS) is 12.5. The van der Waals surface area contributed by atoms with E-state index in [1.54, 1.807) is 18.2 Å². The number of aliphatic hydroxyl groups excluding tert-OH is 1. The van der Waals surface area contributed by atoms with Crippen molar-refractivity contribution < 1.29 is 9.84 Å². The number of benzene rings is 1. The molecular weight excluding hydrogens is 246 g/mol. The molecule has 0 spiro atoms. The fourth-order valence-electron chi connectivity index (χ4n) is 1.70. The molecule has 0 saturated heterocycles. The number of para-hydroxylation sites is 1. The van der Waals surface area contributed by atoms with E-state index in [-0.39, 0.29) is 18.7 Å². The second-order valence-electron chi connectivity index (χ2n) is 4.13. The molecule has 0 amide bonds. The second kappa shape index (κ2) is 6.31. The van der Waals surface area contributed by atoms with Gasteiger partial charge >= 0.3 is 0 Å². The lowest BCUT2D eigenvalue weighted by atomic mass is 10.2. The Bertz CT molecular complexity index is 597. The molecule has 102 valence electrons. The van der Waals surface area contributed by atoms with Gasteiger partial charge in [-0.25, -0.2) is 4.98 Å². The summed E-state index contributed by atoms with van der Waals surface area (Å²) in [5.41, 5.74) is 0.417. The SMILES string of the molecule is CCOCC(O)CNc1nc2ccccc2c(=O)[nH]1. The summed E-state index contributed by atoms with van der Waals surface area (Å²) in [6.45, 7) is 2.94. The number of ether oxygens (including phenoxy) is 1. The first-order valence-corrected chi connectivity index (χ1v) is 6.19. The van der Waals surface area contributed by atoms with Gasteiger partial charge in [0.15, 0.2) is 0 Å². The van der Waals surface area contributed by atoms with Gasteiger partial charge in [0.25, 0.3) is 5.56 Å². The third-order valence-corrected chi connectivity index (χ3v) is 2.63. The largest absolute Gasteiger partial charge is 0.389 e. The molecule has 0 radical (unpaired) electrons. The predicted molar refractivity (Wildman–Crippen MR) is 73.4 cm³/mol. The molecular formula is C13H17N3O3. The highest BCUT2D eigenvalue weighted by Gasteiger charge is 2.06. The van der Waals surface area contributed by atoms with E-state index in [1.165, 1.54) is 0 Å². The van der Waals surface area contributed by atoms with E-state index >= 15 is 0 Å². The van der Waals surface area contributed by atoms with Crippen LogP contribution in [-0.4, -0.2) is 40.9 Å². The minimum atomic E-state index is -0.642. The van der Waals surface area contributed by atoms with Gasteiger partial charge in [-0.15, -0.1) is 0 Å². The average Bonchev–Trinajstić information content (AvgIpc) is 2.43. The van der Waals surface area contributed by atoms with Crippen LogP contribution < -0.4 is 10.9 Å². The zero-order valence-electron chi connectivity index (χ0n) is 10.7. The van der Waals surface area contributed by atoms with E-state index in [1.807, 2.05) is 13.0 Å². The van der Waals surface area contributed by atoms with E-state index in [0.717, 1.165) is 0 Å². The third-order valence-electron chi connectivity index (χ3n) is 2.63. The number of nitrogens with zero attached hydrogens (tertiary/aromatic N) is 1. The smallest absolute Gasteiger partial charge is 0.260 e. The van der Waals surface area contributed by atoms with Crippen LogP contribution in [0.5, 0.6) is 0 Å². The summed E-state index contributed by atoms with van der Waals surface area (Å²) in [7, 11) is 0. The number of H-pyrrole nitrogens is 1. The van der Waals surface area contributed by atoms with Gasteiger partial charge in [0, 0.05) is 13.2 Å². The lowest BCUT2D eigenvalue weighted by Gasteiger charge is -2.12. The number of hydrogen-bond donors (Lipinski definition) is 3. The molecule has 1 aromatic carbocycles. The van der Waals surface area contributed by atoms with Crippen LogP contribution in [0, 0.1) is 0 Å². The van der Waals surface area contributed by atoms with Crippen LogP contribution in [-0.2, 0) is 4.74 Å². The van der Waals surface area contributed by atoms with Crippen molar-refractivity contribution in [3.63, 3.8) is 0 Å². The second-order valence-corrected chi connectivity index (χ2v) is 4.13. The van der Waals surface area contributed by atoms with Gasteiger partial charge in [-0.3, -0.25) is 9.78 Å². The quantitative estimate of drug-likeness (QED) is 0.715. The monoisotopic (exact) mass is 263 g/mol. The van der Waals surface area contributed by atoms with Gasteiger partial charge in [-0.05, 0) is 19.1 Å². The number of fused-ring (bicyclic) bond motifs is 1. The topological polar surface area (TPSA) is 87.2 Å². The maximum atomic E-state index is 11.8. The van der Waals surface area contributed by atoms with Gasteiger partial charge in [0.1, 0.15) is 0 Å². The van der Waals surface area contributed by atoms with Crippen molar-refractivity contribution in [2.75, 3.05) is 25.1 Å². The first-order chi connectivity index (χ1) is 9.20. The highest BCUT2D eigenvalue weighted by atomic mass is 16.5. The van der Waals surface area contributed by atoms with Crippen molar-refractivity contribution in [1.82, 2.24) is 9.97 Å². The minimum absolute atomic E-state index is 0.201. The Morgan fingerprint density at radius 2 is 2.26 bits per heavy atom. The highest BCUT2D eigenvalue weighted by molar-refractivity contribution is 5.78. The van der Waals surface area contributed by atoms with E-state index in [2.05, 4.69) is 15.3 Å². The Balaban J connectivity index is 2.07. The molecule has 2 rings (SSSR count). The molecule has 1 heterocycles.